The van der Waals surface area contributed by atoms with Crippen LogP contribution in [-0.4, -0.2) is 28.2 Å². The van der Waals surface area contributed by atoms with Crippen LogP contribution in [0.1, 0.15) is 6.42 Å². The van der Waals surface area contributed by atoms with Gasteiger partial charge in [-0.2, -0.15) is 5.26 Å². The monoisotopic (exact) mass is 362 g/mol. The molecule has 3 rings (SSSR count). The number of nitrogens with zero attached hydrogens (tertiary/aromatic N) is 2. The van der Waals surface area contributed by atoms with Crippen molar-refractivity contribution in [2.75, 3.05) is 12.3 Å². The van der Waals surface area contributed by atoms with Gasteiger partial charge in [-0.15, -0.1) is 0 Å². The van der Waals surface area contributed by atoms with Gasteiger partial charge in [-0.1, -0.05) is 72.4 Å². The average molecular weight is 362 g/mol. The lowest BCUT2D eigenvalue weighted by Crippen LogP contribution is -2.25. The van der Waals surface area contributed by atoms with Crippen LogP contribution in [0.25, 0.3) is 22.5 Å². The minimum atomic E-state index is -0.107. The van der Waals surface area contributed by atoms with Gasteiger partial charge >= 0.3 is 0 Å². The van der Waals surface area contributed by atoms with Gasteiger partial charge < -0.3 is 10.3 Å². The number of aromatic nitrogens is 2. The molecule has 5 nitrogen and oxygen atoms in total. The quantitative estimate of drug-likeness (QED) is 0.494. The molecule has 130 valence electrons. The molecule has 3 aromatic rings. The summed E-state index contributed by atoms with van der Waals surface area (Å²) in [5.41, 5.74) is 3.87. The van der Waals surface area contributed by atoms with E-state index >= 15 is 0 Å². The van der Waals surface area contributed by atoms with Crippen molar-refractivity contribution in [2.45, 2.75) is 11.6 Å². The molecule has 0 aliphatic rings. The molecule has 0 aliphatic heterocycles. The summed E-state index contributed by atoms with van der Waals surface area (Å²) < 4.78 is 0. The largest absolute Gasteiger partial charge is 0.354 e. The number of aromatic amines is 1. The predicted molar refractivity (Wildman–Crippen MR) is 103 cm³/mol. The second-order valence-corrected chi connectivity index (χ2v) is 6.51. The molecule has 0 atom stereocenters. The first-order valence-electron chi connectivity index (χ1n) is 8.25. The smallest absolute Gasteiger partial charge is 0.230 e. The van der Waals surface area contributed by atoms with Crippen LogP contribution in [0.5, 0.6) is 0 Å². The van der Waals surface area contributed by atoms with Crippen LogP contribution in [0.2, 0.25) is 0 Å². The van der Waals surface area contributed by atoms with E-state index in [0.717, 1.165) is 22.5 Å². The molecule has 0 bridgehead atoms. The van der Waals surface area contributed by atoms with E-state index in [2.05, 4.69) is 10.3 Å². The van der Waals surface area contributed by atoms with Crippen molar-refractivity contribution in [3.8, 4) is 28.6 Å². The summed E-state index contributed by atoms with van der Waals surface area (Å²) in [7, 11) is 0. The van der Waals surface area contributed by atoms with Gasteiger partial charge in [0.2, 0.25) is 5.91 Å². The van der Waals surface area contributed by atoms with E-state index in [1.165, 1.54) is 11.8 Å². The van der Waals surface area contributed by atoms with Crippen LogP contribution in [-0.2, 0) is 4.79 Å². The number of nitrogens with one attached hydrogen (secondary N) is 2. The van der Waals surface area contributed by atoms with Gasteiger partial charge in [0.25, 0.3) is 0 Å². The Hall–Kier alpha value is -3.04. The Morgan fingerprint density at radius 3 is 2.38 bits per heavy atom. The summed E-state index contributed by atoms with van der Waals surface area (Å²) in [4.78, 5) is 19.9. The molecule has 0 aliphatic carbocycles. The topological polar surface area (TPSA) is 81.6 Å². The number of carbonyl (C=O) groups is 1. The van der Waals surface area contributed by atoms with E-state index < -0.39 is 0 Å². The zero-order valence-corrected chi connectivity index (χ0v) is 14.9. The third-order valence-corrected chi connectivity index (χ3v) is 4.56. The molecule has 1 amide bonds. The first-order valence-corrected chi connectivity index (χ1v) is 9.24. The standard InChI is InChI=1S/C20H18N4OS/c21-12-7-13-22-17(25)14-26-20-23-18(15-8-3-1-4-9-15)19(24-20)16-10-5-2-6-11-16/h1-6,8-11H,7,13-14H2,(H,22,25)(H,23,24). The van der Waals surface area contributed by atoms with Gasteiger partial charge in [-0.05, 0) is 0 Å². The van der Waals surface area contributed by atoms with Crippen LogP contribution in [0.15, 0.2) is 65.8 Å². The maximum atomic E-state index is 11.8. The second kappa shape index (κ2) is 8.88. The van der Waals surface area contributed by atoms with Crippen LogP contribution in [0.4, 0.5) is 0 Å². The van der Waals surface area contributed by atoms with Crippen LogP contribution >= 0.6 is 11.8 Å². The fourth-order valence-electron chi connectivity index (χ4n) is 2.48. The molecule has 1 aromatic heterocycles. The SMILES string of the molecule is N#CCCNC(=O)CSc1nc(-c2ccccc2)c(-c2ccccc2)[nH]1. The van der Waals surface area contributed by atoms with E-state index in [4.69, 9.17) is 10.2 Å². The number of nitriles is 1. The van der Waals surface area contributed by atoms with Crippen LogP contribution in [0, 0.1) is 11.3 Å². The maximum absolute atomic E-state index is 11.8. The molecule has 0 fully saturated rings. The molecule has 6 heteroatoms. The molecule has 0 unspecified atom stereocenters. The number of rotatable bonds is 7. The normalized spacial score (nSPS) is 10.3. The summed E-state index contributed by atoms with van der Waals surface area (Å²) in [6, 6.07) is 22.0. The van der Waals surface area contributed by atoms with Crippen molar-refractivity contribution in [2.24, 2.45) is 0 Å². The minimum absolute atomic E-state index is 0.107. The fourth-order valence-corrected chi connectivity index (χ4v) is 3.18. The van der Waals surface area contributed by atoms with Gasteiger partial charge in [0.05, 0.1) is 29.6 Å². The van der Waals surface area contributed by atoms with Gasteiger partial charge in [0.15, 0.2) is 5.16 Å². The van der Waals surface area contributed by atoms with Crippen LogP contribution in [0.3, 0.4) is 0 Å². The molecule has 26 heavy (non-hydrogen) atoms. The summed E-state index contributed by atoms with van der Waals surface area (Å²) in [5.74, 6) is 0.144. The Morgan fingerprint density at radius 1 is 1.08 bits per heavy atom. The Bertz CT molecular complexity index is 844. The highest BCUT2D eigenvalue weighted by atomic mass is 32.2. The number of imidazole rings is 1. The first kappa shape index (κ1) is 17.8. The summed E-state index contributed by atoms with van der Waals surface area (Å²) >= 11 is 1.35. The van der Waals surface area contributed by atoms with Crippen molar-refractivity contribution in [3.63, 3.8) is 0 Å². The third kappa shape index (κ3) is 4.52. The van der Waals surface area contributed by atoms with Crippen molar-refractivity contribution >= 4 is 17.7 Å². The van der Waals surface area contributed by atoms with Crippen molar-refractivity contribution in [1.29, 1.82) is 5.26 Å². The van der Waals surface area contributed by atoms with E-state index in [1.54, 1.807) is 0 Å². The molecule has 2 aromatic carbocycles. The highest BCUT2D eigenvalue weighted by Crippen LogP contribution is 2.32. The lowest BCUT2D eigenvalue weighted by atomic mass is 10.1. The highest BCUT2D eigenvalue weighted by Gasteiger charge is 2.15. The zero-order valence-electron chi connectivity index (χ0n) is 14.1. The molecule has 1 heterocycles. The number of amides is 1. The minimum Gasteiger partial charge on any atom is -0.354 e. The molecule has 0 spiro atoms. The van der Waals surface area contributed by atoms with Crippen molar-refractivity contribution in [3.05, 3.63) is 60.7 Å². The number of hydrogen-bond donors (Lipinski definition) is 2. The van der Waals surface area contributed by atoms with Gasteiger partial charge in [-0.25, -0.2) is 4.98 Å². The first-order chi connectivity index (χ1) is 12.8. The van der Waals surface area contributed by atoms with E-state index in [0.29, 0.717) is 18.1 Å². The Labute approximate surface area is 156 Å². The van der Waals surface area contributed by atoms with Gasteiger partial charge in [0.1, 0.15) is 0 Å². The van der Waals surface area contributed by atoms with Crippen LogP contribution < -0.4 is 5.32 Å². The zero-order chi connectivity index (χ0) is 18.2. The average Bonchev–Trinajstić information content (AvgIpc) is 3.12. The lowest BCUT2D eigenvalue weighted by Gasteiger charge is -2.02. The number of benzene rings is 2. The maximum Gasteiger partial charge on any atom is 0.230 e. The summed E-state index contributed by atoms with van der Waals surface area (Å²) in [6.07, 6.45) is 0.313. The highest BCUT2D eigenvalue weighted by molar-refractivity contribution is 7.99. The van der Waals surface area contributed by atoms with Crippen molar-refractivity contribution < 1.29 is 4.79 Å². The van der Waals surface area contributed by atoms with Crippen molar-refractivity contribution in [1.82, 2.24) is 15.3 Å². The molecule has 2 N–H and O–H groups in total. The van der Waals surface area contributed by atoms with E-state index in [-0.39, 0.29) is 11.7 Å². The number of thioether (sulfide) groups is 1. The van der Waals surface area contributed by atoms with Gasteiger partial charge in [0, 0.05) is 17.7 Å². The molecular weight excluding hydrogens is 344 g/mol. The number of hydrogen-bond acceptors (Lipinski definition) is 4. The van der Waals surface area contributed by atoms with E-state index in [9.17, 15) is 4.79 Å². The summed E-state index contributed by atoms with van der Waals surface area (Å²) in [6.45, 7) is 0.374. The lowest BCUT2D eigenvalue weighted by molar-refractivity contribution is -0.118. The Kier molecular flexibility index (Phi) is 6.07. The molecule has 0 radical (unpaired) electrons. The number of H-pyrrole nitrogens is 1. The fraction of sp³-hybridized carbons (Fsp3) is 0.150. The summed E-state index contributed by atoms with van der Waals surface area (Å²) in [5, 5.41) is 11.9. The number of carbonyl (C=O) groups excluding carboxylic acids is 1. The predicted octanol–water partition coefficient (Wildman–Crippen LogP) is 3.87. The molecule has 0 saturated carbocycles. The van der Waals surface area contributed by atoms with E-state index in [1.807, 2.05) is 66.7 Å². The second-order valence-electron chi connectivity index (χ2n) is 5.54. The molecular formula is C20H18N4OS. The Balaban J connectivity index is 1.81. The van der Waals surface area contributed by atoms with Gasteiger partial charge in [-0.3, -0.25) is 4.79 Å². The Morgan fingerprint density at radius 2 is 1.73 bits per heavy atom. The third-order valence-electron chi connectivity index (χ3n) is 3.69. The molecule has 0 saturated heterocycles.